The smallest absolute Gasteiger partial charge is 0.0883 e. The van der Waals surface area contributed by atoms with E-state index >= 15 is 0 Å². The molecule has 2 nitrogen and oxygen atoms in total. The molecule has 0 aromatic heterocycles. The van der Waals surface area contributed by atoms with E-state index in [-0.39, 0.29) is 0 Å². The van der Waals surface area contributed by atoms with Crippen molar-refractivity contribution in [2.24, 2.45) is 0 Å². The molecule has 0 aromatic rings. The van der Waals surface area contributed by atoms with Gasteiger partial charge in [0.2, 0.25) is 0 Å². The van der Waals surface area contributed by atoms with Gasteiger partial charge in [0.25, 0.3) is 0 Å². The Morgan fingerprint density at radius 3 is 2.50 bits per heavy atom. The van der Waals surface area contributed by atoms with Crippen molar-refractivity contribution in [3.05, 3.63) is 11.1 Å². The average Bonchev–Trinajstić information content (AvgIpc) is 1.94. The molecule has 0 bridgehead atoms. The van der Waals surface area contributed by atoms with E-state index in [1.54, 1.807) is 6.92 Å². The minimum absolute atomic E-state index is 0.587. The number of hydrogen-bond donors (Lipinski definition) is 2. The zero-order valence-electron chi connectivity index (χ0n) is 8.09. The SMILES string of the molecule is CC(C)=C1CC[C@@](C)(O)[C@H](O)C1. The summed E-state index contributed by atoms with van der Waals surface area (Å²) >= 11 is 0. The highest BCUT2D eigenvalue weighted by molar-refractivity contribution is 5.16. The molecule has 0 heterocycles. The van der Waals surface area contributed by atoms with Crippen molar-refractivity contribution in [2.75, 3.05) is 0 Å². The van der Waals surface area contributed by atoms with Crippen LogP contribution in [0.1, 0.15) is 40.0 Å². The molecule has 70 valence electrons. The fraction of sp³-hybridized carbons (Fsp3) is 0.800. The number of rotatable bonds is 0. The van der Waals surface area contributed by atoms with Crippen LogP contribution in [0.4, 0.5) is 0 Å². The minimum Gasteiger partial charge on any atom is -0.390 e. The van der Waals surface area contributed by atoms with E-state index in [0.717, 1.165) is 6.42 Å². The van der Waals surface area contributed by atoms with Gasteiger partial charge < -0.3 is 10.2 Å². The Morgan fingerprint density at radius 2 is 2.08 bits per heavy atom. The Hall–Kier alpha value is -0.340. The Bertz CT molecular complexity index is 200. The topological polar surface area (TPSA) is 40.5 Å². The second-order valence-corrected chi connectivity index (χ2v) is 4.18. The highest BCUT2D eigenvalue weighted by Crippen LogP contribution is 2.32. The van der Waals surface area contributed by atoms with Gasteiger partial charge >= 0.3 is 0 Å². The highest BCUT2D eigenvalue weighted by Gasteiger charge is 2.34. The fourth-order valence-corrected chi connectivity index (χ4v) is 1.58. The van der Waals surface area contributed by atoms with Crippen molar-refractivity contribution >= 4 is 0 Å². The fourth-order valence-electron chi connectivity index (χ4n) is 1.58. The maximum absolute atomic E-state index is 9.67. The maximum Gasteiger partial charge on any atom is 0.0883 e. The second-order valence-electron chi connectivity index (χ2n) is 4.18. The van der Waals surface area contributed by atoms with Crippen LogP contribution in [-0.4, -0.2) is 21.9 Å². The zero-order chi connectivity index (χ0) is 9.35. The lowest BCUT2D eigenvalue weighted by atomic mass is 9.80. The first-order chi connectivity index (χ1) is 5.43. The Balaban J connectivity index is 2.71. The molecule has 2 atom stereocenters. The van der Waals surface area contributed by atoms with Crippen molar-refractivity contribution in [2.45, 2.75) is 51.7 Å². The summed E-state index contributed by atoms with van der Waals surface area (Å²) in [6.07, 6.45) is 1.65. The van der Waals surface area contributed by atoms with E-state index in [1.165, 1.54) is 11.1 Å². The molecule has 2 N–H and O–H groups in total. The molecule has 1 rings (SSSR count). The molecule has 0 radical (unpaired) electrons. The molecule has 1 saturated carbocycles. The van der Waals surface area contributed by atoms with Crippen LogP contribution in [0.5, 0.6) is 0 Å². The Labute approximate surface area is 73.9 Å². The molecule has 1 aliphatic carbocycles. The number of aliphatic hydroxyl groups is 2. The van der Waals surface area contributed by atoms with E-state index in [2.05, 4.69) is 13.8 Å². The Kier molecular flexibility index (Phi) is 2.59. The zero-order valence-corrected chi connectivity index (χ0v) is 8.09. The molecule has 1 aliphatic rings. The van der Waals surface area contributed by atoms with Gasteiger partial charge in [0.05, 0.1) is 11.7 Å². The predicted molar refractivity (Wildman–Crippen MR) is 48.9 cm³/mol. The summed E-state index contributed by atoms with van der Waals surface area (Å²) in [5.41, 5.74) is 1.71. The van der Waals surface area contributed by atoms with Gasteiger partial charge in [-0.05, 0) is 40.0 Å². The molecular weight excluding hydrogens is 152 g/mol. The molecule has 0 spiro atoms. The largest absolute Gasteiger partial charge is 0.390 e. The van der Waals surface area contributed by atoms with Crippen LogP contribution in [0, 0.1) is 0 Å². The summed E-state index contributed by atoms with van der Waals surface area (Å²) in [4.78, 5) is 0. The average molecular weight is 170 g/mol. The standard InChI is InChI=1S/C10H18O2/c1-7(2)8-4-5-10(3,12)9(11)6-8/h9,11-12H,4-6H2,1-3H3/t9-,10-/m1/s1. The molecule has 0 unspecified atom stereocenters. The normalized spacial score (nSPS) is 36.8. The highest BCUT2D eigenvalue weighted by atomic mass is 16.3. The molecule has 1 fully saturated rings. The van der Waals surface area contributed by atoms with Gasteiger partial charge in [-0.1, -0.05) is 11.1 Å². The summed E-state index contributed by atoms with van der Waals surface area (Å²) in [7, 11) is 0. The lowest BCUT2D eigenvalue weighted by Crippen LogP contribution is -2.42. The molecule has 0 aliphatic heterocycles. The van der Waals surface area contributed by atoms with Gasteiger partial charge in [-0.2, -0.15) is 0 Å². The van der Waals surface area contributed by atoms with Crippen molar-refractivity contribution < 1.29 is 10.2 Å². The van der Waals surface area contributed by atoms with E-state index in [4.69, 9.17) is 0 Å². The summed E-state index contributed by atoms with van der Waals surface area (Å²) < 4.78 is 0. The van der Waals surface area contributed by atoms with Crippen LogP contribution in [0.25, 0.3) is 0 Å². The van der Waals surface area contributed by atoms with Gasteiger partial charge in [0.1, 0.15) is 0 Å². The summed E-state index contributed by atoms with van der Waals surface area (Å²) in [5.74, 6) is 0. The van der Waals surface area contributed by atoms with Gasteiger partial charge in [0, 0.05) is 0 Å². The first-order valence-electron chi connectivity index (χ1n) is 4.49. The van der Waals surface area contributed by atoms with Gasteiger partial charge in [0.15, 0.2) is 0 Å². The Morgan fingerprint density at radius 1 is 1.50 bits per heavy atom. The molecule has 0 aromatic carbocycles. The molecule has 2 heteroatoms. The van der Waals surface area contributed by atoms with Crippen molar-refractivity contribution in [1.29, 1.82) is 0 Å². The third-order valence-corrected chi connectivity index (χ3v) is 2.80. The van der Waals surface area contributed by atoms with Crippen LogP contribution < -0.4 is 0 Å². The van der Waals surface area contributed by atoms with Crippen LogP contribution in [-0.2, 0) is 0 Å². The molecule has 0 saturated heterocycles. The third-order valence-electron chi connectivity index (χ3n) is 2.80. The maximum atomic E-state index is 9.67. The number of hydrogen-bond acceptors (Lipinski definition) is 2. The molecule has 12 heavy (non-hydrogen) atoms. The van der Waals surface area contributed by atoms with E-state index < -0.39 is 11.7 Å². The lowest BCUT2D eigenvalue weighted by Gasteiger charge is -2.35. The second kappa shape index (κ2) is 3.19. The number of aliphatic hydroxyl groups excluding tert-OH is 1. The van der Waals surface area contributed by atoms with Crippen molar-refractivity contribution in [3.8, 4) is 0 Å². The number of allylic oxidation sites excluding steroid dienone is 1. The summed E-state index contributed by atoms with van der Waals surface area (Å²) in [6, 6.07) is 0. The quantitative estimate of drug-likeness (QED) is 0.542. The summed E-state index contributed by atoms with van der Waals surface area (Å²) in [5, 5.41) is 19.2. The van der Waals surface area contributed by atoms with E-state index in [1.807, 2.05) is 0 Å². The monoisotopic (exact) mass is 170 g/mol. The van der Waals surface area contributed by atoms with Gasteiger partial charge in [-0.15, -0.1) is 0 Å². The minimum atomic E-state index is -0.876. The van der Waals surface area contributed by atoms with Crippen LogP contribution in [0.15, 0.2) is 11.1 Å². The van der Waals surface area contributed by atoms with Crippen LogP contribution >= 0.6 is 0 Å². The van der Waals surface area contributed by atoms with Gasteiger partial charge in [-0.3, -0.25) is 0 Å². The first kappa shape index (κ1) is 9.75. The summed E-state index contributed by atoms with van der Waals surface area (Å²) in [6.45, 7) is 5.82. The van der Waals surface area contributed by atoms with Crippen LogP contribution in [0.2, 0.25) is 0 Å². The lowest BCUT2D eigenvalue weighted by molar-refractivity contribution is -0.0761. The first-order valence-corrected chi connectivity index (χ1v) is 4.49. The third kappa shape index (κ3) is 1.87. The predicted octanol–water partition coefficient (Wildman–Crippen LogP) is 1.62. The molecule has 0 amide bonds. The van der Waals surface area contributed by atoms with E-state index in [9.17, 15) is 10.2 Å². The van der Waals surface area contributed by atoms with Gasteiger partial charge in [-0.25, -0.2) is 0 Å². The van der Waals surface area contributed by atoms with E-state index in [0.29, 0.717) is 12.8 Å². The van der Waals surface area contributed by atoms with Crippen molar-refractivity contribution in [1.82, 2.24) is 0 Å². The van der Waals surface area contributed by atoms with Crippen LogP contribution in [0.3, 0.4) is 0 Å². The molecular formula is C10H18O2. The van der Waals surface area contributed by atoms with Crippen molar-refractivity contribution in [3.63, 3.8) is 0 Å².